The van der Waals surface area contributed by atoms with Gasteiger partial charge in [0.1, 0.15) is 0 Å². The summed E-state index contributed by atoms with van der Waals surface area (Å²) in [5.74, 6) is 0. The van der Waals surface area contributed by atoms with Gasteiger partial charge in [-0.2, -0.15) is 0 Å². The van der Waals surface area contributed by atoms with Crippen molar-refractivity contribution in [2.45, 2.75) is 30.0 Å². The topological polar surface area (TPSA) is 26.3 Å². The van der Waals surface area contributed by atoms with E-state index in [9.17, 15) is 4.21 Å². The molecule has 0 aliphatic rings. The van der Waals surface area contributed by atoms with E-state index in [2.05, 4.69) is 15.9 Å². The second-order valence-corrected chi connectivity index (χ2v) is 6.18. The molecule has 0 bridgehead atoms. The van der Waals surface area contributed by atoms with E-state index in [4.69, 9.17) is 4.18 Å². The summed E-state index contributed by atoms with van der Waals surface area (Å²) < 4.78 is 16.8. The number of aryl methyl sites for hydroxylation is 1. The first-order valence-electron chi connectivity index (χ1n) is 4.85. The summed E-state index contributed by atoms with van der Waals surface area (Å²) in [6.45, 7) is 4.55. The summed E-state index contributed by atoms with van der Waals surface area (Å²) in [6, 6.07) is 7.54. The third-order valence-electron chi connectivity index (χ3n) is 1.92. The van der Waals surface area contributed by atoms with Crippen LogP contribution < -0.4 is 0 Å². The summed E-state index contributed by atoms with van der Waals surface area (Å²) in [5.41, 5.74) is 1.16. The minimum absolute atomic E-state index is 0.396. The molecule has 0 N–H and O–H groups in total. The highest BCUT2D eigenvalue weighted by atomic mass is 79.9. The first-order chi connectivity index (χ1) is 7.09. The van der Waals surface area contributed by atoms with Crippen molar-refractivity contribution < 1.29 is 8.39 Å². The van der Waals surface area contributed by atoms with E-state index in [1.807, 2.05) is 38.1 Å². The number of rotatable bonds is 5. The standard InChI is InChI=1S/C11H15BrO2S/c1-9-3-5-11(6-4-9)15(13)14-8-7-10(2)12/h3-6,10H,7-8H2,1-2H3. The van der Waals surface area contributed by atoms with Crippen LogP contribution in [0.3, 0.4) is 0 Å². The van der Waals surface area contributed by atoms with Crippen LogP contribution in [-0.4, -0.2) is 15.6 Å². The van der Waals surface area contributed by atoms with E-state index < -0.39 is 11.1 Å². The molecule has 2 nitrogen and oxygen atoms in total. The molecule has 0 fully saturated rings. The molecule has 2 unspecified atom stereocenters. The van der Waals surface area contributed by atoms with Crippen LogP contribution in [0.4, 0.5) is 0 Å². The minimum atomic E-state index is -1.33. The van der Waals surface area contributed by atoms with Gasteiger partial charge in [0.25, 0.3) is 0 Å². The highest BCUT2D eigenvalue weighted by Crippen LogP contribution is 2.10. The Balaban J connectivity index is 2.43. The van der Waals surface area contributed by atoms with Gasteiger partial charge < -0.3 is 0 Å². The van der Waals surface area contributed by atoms with Gasteiger partial charge in [0, 0.05) is 4.83 Å². The molecule has 0 amide bonds. The molecule has 0 spiro atoms. The summed E-state index contributed by atoms with van der Waals surface area (Å²) in [7, 11) is 0. The fourth-order valence-electron chi connectivity index (χ4n) is 1.00. The van der Waals surface area contributed by atoms with Crippen LogP contribution in [-0.2, 0) is 15.3 Å². The number of alkyl halides is 1. The SMILES string of the molecule is Cc1ccc(S(=O)OCCC(C)Br)cc1. The smallest absolute Gasteiger partial charge is 0.189 e. The van der Waals surface area contributed by atoms with Gasteiger partial charge in [-0.25, -0.2) is 4.21 Å². The van der Waals surface area contributed by atoms with Crippen molar-refractivity contribution in [1.29, 1.82) is 0 Å². The average molecular weight is 291 g/mol. The second-order valence-electron chi connectivity index (χ2n) is 3.44. The average Bonchev–Trinajstić information content (AvgIpc) is 2.18. The fourth-order valence-corrected chi connectivity index (χ4v) is 1.93. The van der Waals surface area contributed by atoms with E-state index in [1.54, 1.807) is 0 Å². The monoisotopic (exact) mass is 290 g/mol. The molecule has 0 aliphatic heterocycles. The van der Waals surface area contributed by atoms with Crippen LogP contribution in [0.2, 0.25) is 0 Å². The summed E-state index contributed by atoms with van der Waals surface area (Å²) in [5, 5.41) is 0. The number of benzene rings is 1. The van der Waals surface area contributed by atoms with Crippen molar-refractivity contribution in [3.05, 3.63) is 29.8 Å². The molecule has 0 saturated carbocycles. The Bertz CT molecular complexity index is 322. The zero-order valence-electron chi connectivity index (χ0n) is 8.90. The molecule has 4 heteroatoms. The largest absolute Gasteiger partial charge is 0.287 e. The van der Waals surface area contributed by atoms with Gasteiger partial charge in [-0.3, -0.25) is 4.18 Å². The minimum Gasteiger partial charge on any atom is -0.287 e. The van der Waals surface area contributed by atoms with Crippen molar-refractivity contribution in [1.82, 2.24) is 0 Å². The molecule has 1 aromatic rings. The third kappa shape index (κ3) is 4.91. The van der Waals surface area contributed by atoms with Crippen molar-refractivity contribution in [2.75, 3.05) is 6.61 Å². The van der Waals surface area contributed by atoms with Crippen LogP contribution in [0, 0.1) is 6.92 Å². The molecule has 15 heavy (non-hydrogen) atoms. The van der Waals surface area contributed by atoms with E-state index in [0.717, 1.165) is 16.9 Å². The van der Waals surface area contributed by atoms with Gasteiger partial charge in [-0.05, 0) is 25.5 Å². The van der Waals surface area contributed by atoms with Gasteiger partial charge in [-0.15, -0.1) is 0 Å². The highest BCUT2D eigenvalue weighted by molar-refractivity contribution is 9.09. The summed E-state index contributed by atoms with van der Waals surface area (Å²) in [6.07, 6.45) is 0.859. The molecule has 0 saturated heterocycles. The van der Waals surface area contributed by atoms with Crippen LogP contribution >= 0.6 is 15.9 Å². The Labute approximate surface area is 102 Å². The predicted molar refractivity (Wildman–Crippen MR) is 66.5 cm³/mol. The predicted octanol–water partition coefficient (Wildman–Crippen LogP) is 3.21. The Morgan fingerprint density at radius 3 is 2.53 bits per heavy atom. The van der Waals surface area contributed by atoms with E-state index in [-0.39, 0.29) is 0 Å². The van der Waals surface area contributed by atoms with Crippen LogP contribution in [0.1, 0.15) is 18.9 Å². The maximum Gasteiger partial charge on any atom is 0.189 e. The molecule has 0 radical (unpaired) electrons. The van der Waals surface area contributed by atoms with Gasteiger partial charge in [0.2, 0.25) is 0 Å². The fraction of sp³-hybridized carbons (Fsp3) is 0.455. The van der Waals surface area contributed by atoms with Crippen molar-refractivity contribution in [3.8, 4) is 0 Å². The lowest BCUT2D eigenvalue weighted by Gasteiger charge is -2.04. The molecular weight excluding hydrogens is 276 g/mol. The highest BCUT2D eigenvalue weighted by Gasteiger charge is 2.04. The zero-order chi connectivity index (χ0) is 11.3. The van der Waals surface area contributed by atoms with Crippen LogP contribution in [0.5, 0.6) is 0 Å². The van der Waals surface area contributed by atoms with E-state index in [0.29, 0.717) is 11.4 Å². The van der Waals surface area contributed by atoms with Crippen LogP contribution in [0.15, 0.2) is 29.2 Å². The van der Waals surface area contributed by atoms with E-state index >= 15 is 0 Å². The number of halogens is 1. The zero-order valence-corrected chi connectivity index (χ0v) is 11.3. The van der Waals surface area contributed by atoms with E-state index in [1.165, 1.54) is 0 Å². The Morgan fingerprint density at radius 1 is 1.40 bits per heavy atom. The normalized spacial score (nSPS) is 14.9. The molecular formula is C11H15BrO2S. The molecule has 0 aliphatic carbocycles. The summed E-state index contributed by atoms with van der Waals surface area (Å²) in [4.78, 5) is 1.12. The van der Waals surface area contributed by atoms with Crippen LogP contribution in [0.25, 0.3) is 0 Å². The quantitative estimate of drug-likeness (QED) is 0.779. The third-order valence-corrected chi connectivity index (χ3v) is 3.42. The first-order valence-corrected chi connectivity index (χ1v) is 6.84. The Morgan fingerprint density at radius 2 is 2.00 bits per heavy atom. The molecule has 0 aromatic heterocycles. The van der Waals surface area contributed by atoms with Crippen molar-refractivity contribution in [2.24, 2.45) is 0 Å². The Kier molecular flexibility index (Phi) is 5.50. The van der Waals surface area contributed by atoms with Gasteiger partial charge >= 0.3 is 0 Å². The molecule has 1 rings (SSSR count). The maximum atomic E-state index is 11.6. The number of hydrogen-bond donors (Lipinski definition) is 0. The van der Waals surface area contributed by atoms with Crippen molar-refractivity contribution in [3.63, 3.8) is 0 Å². The maximum absolute atomic E-state index is 11.6. The van der Waals surface area contributed by atoms with Gasteiger partial charge in [-0.1, -0.05) is 40.5 Å². The molecule has 84 valence electrons. The lowest BCUT2D eigenvalue weighted by molar-refractivity contribution is 0.341. The number of hydrogen-bond acceptors (Lipinski definition) is 2. The molecule has 2 atom stereocenters. The first kappa shape index (κ1) is 12.9. The Hall–Kier alpha value is -0.190. The molecule has 0 heterocycles. The second kappa shape index (κ2) is 6.40. The summed E-state index contributed by atoms with van der Waals surface area (Å²) >= 11 is 2.08. The van der Waals surface area contributed by atoms with Crippen molar-refractivity contribution >= 4 is 27.0 Å². The molecule has 1 aromatic carbocycles. The lowest BCUT2D eigenvalue weighted by atomic mass is 10.2. The lowest BCUT2D eigenvalue weighted by Crippen LogP contribution is -2.03. The van der Waals surface area contributed by atoms with Gasteiger partial charge in [0.15, 0.2) is 11.1 Å². The van der Waals surface area contributed by atoms with Gasteiger partial charge in [0.05, 0.1) is 11.5 Å².